The topological polar surface area (TPSA) is 71.1 Å². The fourth-order valence-corrected chi connectivity index (χ4v) is 1.87. The van der Waals surface area contributed by atoms with Crippen molar-refractivity contribution in [2.75, 3.05) is 21.2 Å². The molecule has 0 aliphatic rings. The van der Waals surface area contributed by atoms with Crippen LogP contribution < -0.4 is 4.74 Å². The third-order valence-electron chi connectivity index (χ3n) is 3.07. The van der Waals surface area contributed by atoms with E-state index in [0.29, 0.717) is 11.3 Å². The van der Waals surface area contributed by atoms with Gasteiger partial charge in [-0.2, -0.15) is 10.4 Å². The average Bonchev–Trinajstić information content (AvgIpc) is 2.94. The fourth-order valence-electron chi connectivity index (χ4n) is 1.87. The van der Waals surface area contributed by atoms with Crippen LogP contribution in [0.4, 0.5) is 0 Å². The van der Waals surface area contributed by atoms with Gasteiger partial charge in [-0.1, -0.05) is 0 Å². The molecule has 6 nitrogen and oxygen atoms in total. The van der Waals surface area contributed by atoms with E-state index < -0.39 is 0 Å². The highest BCUT2D eigenvalue weighted by Gasteiger charge is 2.11. The van der Waals surface area contributed by atoms with Crippen LogP contribution in [0.5, 0.6) is 5.75 Å². The molecule has 0 saturated carbocycles. The smallest absolute Gasteiger partial charge is 0.243 e. The second-order valence-electron chi connectivity index (χ2n) is 4.74. The Morgan fingerprint density at radius 1 is 1.48 bits per heavy atom. The quantitative estimate of drug-likeness (QED) is 0.853. The molecular formula is C15H16N4O2. The number of aromatic nitrogens is 2. The molecular weight excluding hydrogens is 268 g/mol. The van der Waals surface area contributed by atoms with Crippen LogP contribution in [-0.2, 0) is 11.3 Å². The standard InChI is InChI=1S/C15H16N4O2/c1-18(2)15(20)10-19-9-12(8-17-19)13-6-11(7-16)4-5-14(13)21-3/h4-6,8-9H,10H2,1-3H3. The van der Waals surface area contributed by atoms with E-state index >= 15 is 0 Å². The van der Waals surface area contributed by atoms with Crippen molar-refractivity contribution in [3.63, 3.8) is 0 Å². The largest absolute Gasteiger partial charge is 0.496 e. The summed E-state index contributed by atoms with van der Waals surface area (Å²) in [6.45, 7) is 0.174. The number of carbonyl (C=O) groups is 1. The van der Waals surface area contributed by atoms with Crippen molar-refractivity contribution in [3.05, 3.63) is 36.2 Å². The minimum atomic E-state index is -0.0395. The molecule has 0 atom stereocenters. The van der Waals surface area contributed by atoms with Crippen LogP contribution >= 0.6 is 0 Å². The number of methoxy groups -OCH3 is 1. The van der Waals surface area contributed by atoms with E-state index in [9.17, 15) is 4.79 Å². The Bertz CT molecular complexity index is 698. The molecule has 108 valence electrons. The third kappa shape index (κ3) is 3.20. The lowest BCUT2D eigenvalue weighted by Gasteiger charge is -2.09. The van der Waals surface area contributed by atoms with E-state index in [-0.39, 0.29) is 12.5 Å². The summed E-state index contributed by atoms with van der Waals surface area (Å²) in [5.41, 5.74) is 2.12. The molecule has 2 rings (SSSR count). The lowest BCUT2D eigenvalue weighted by Crippen LogP contribution is -2.26. The van der Waals surface area contributed by atoms with E-state index in [0.717, 1.165) is 11.1 Å². The van der Waals surface area contributed by atoms with Crippen molar-refractivity contribution in [2.24, 2.45) is 0 Å². The molecule has 0 aliphatic heterocycles. The zero-order valence-corrected chi connectivity index (χ0v) is 12.2. The highest BCUT2D eigenvalue weighted by molar-refractivity contribution is 5.76. The molecule has 0 radical (unpaired) electrons. The second-order valence-corrected chi connectivity index (χ2v) is 4.74. The number of rotatable bonds is 4. The van der Waals surface area contributed by atoms with Crippen molar-refractivity contribution in [3.8, 4) is 22.9 Å². The van der Waals surface area contributed by atoms with Crippen molar-refractivity contribution in [2.45, 2.75) is 6.54 Å². The third-order valence-corrected chi connectivity index (χ3v) is 3.07. The van der Waals surface area contributed by atoms with E-state index in [2.05, 4.69) is 11.2 Å². The summed E-state index contributed by atoms with van der Waals surface area (Å²) in [5.74, 6) is 0.620. The van der Waals surface area contributed by atoms with E-state index in [1.807, 2.05) is 0 Å². The molecule has 1 amide bonds. The minimum absolute atomic E-state index is 0.0395. The van der Waals surface area contributed by atoms with Gasteiger partial charge in [-0.3, -0.25) is 9.48 Å². The van der Waals surface area contributed by atoms with E-state index in [1.165, 1.54) is 4.90 Å². The number of carbonyl (C=O) groups excluding carboxylic acids is 1. The van der Waals surface area contributed by atoms with Gasteiger partial charge in [0.05, 0.1) is 24.9 Å². The van der Waals surface area contributed by atoms with Crippen LogP contribution in [0.15, 0.2) is 30.6 Å². The Balaban J connectivity index is 2.33. The molecule has 1 heterocycles. The summed E-state index contributed by atoms with van der Waals surface area (Å²) < 4.78 is 6.87. The van der Waals surface area contributed by atoms with Gasteiger partial charge in [0.25, 0.3) is 0 Å². The monoisotopic (exact) mass is 284 g/mol. The Kier molecular flexibility index (Phi) is 4.24. The molecule has 0 bridgehead atoms. The molecule has 0 saturated heterocycles. The minimum Gasteiger partial charge on any atom is -0.496 e. The number of hydrogen-bond donors (Lipinski definition) is 0. The number of ether oxygens (including phenoxy) is 1. The van der Waals surface area contributed by atoms with Gasteiger partial charge in [0.2, 0.25) is 5.91 Å². The first-order chi connectivity index (χ1) is 10.0. The number of nitrogens with zero attached hydrogens (tertiary/aromatic N) is 4. The maximum absolute atomic E-state index is 11.7. The normalized spacial score (nSPS) is 10.0. The van der Waals surface area contributed by atoms with Crippen LogP contribution in [0.3, 0.4) is 0 Å². The Labute approximate surface area is 123 Å². The highest BCUT2D eigenvalue weighted by atomic mass is 16.5. The van der Waals surface area contributed by atoms with Crippen LogP contribution in [0.25, 0.3) is 11.1 Å². The zero-order chi connectivity index (χ0) is 15.4. The number of likely N-dealkylation sites (N-methyl/N-ethyl adjacent to an activating group) is 1. The summed E-state index contributed by atoms with van der Waals surface area (Å²) in [4.78, 5) is 13.2. The Hall–Kier alpha value is -2.81. The summed E-state index contributed by atoms with van der Waals surface area (Å²) in [7, 11) is 4.98. The number of amides is 1. The maximum Gasteiger partial charge on any atom is 0.243 e. The maximum atomic E-state index is 11.7. The van der Waals surface area contributed by atoms with Crippen LogP contribution in [0.2, 0.25) is 0 Å². The second kappa shape index (κ2) is 6.09. The molecule has 0 N–H and O–H groups in total. The summed E-state index contributed by atoms with van der Waals surface area (Å²) in [5, 5.41) is 13.2. The van der Waals surface area contributed by atoms with Gasteiger partial charge in [-0.15, -0.1) is 0 Å². The molecule has 2 aromatic rings. The van der Waals surface area contributed by atoms with Gasteiger partial charge in [0.15, 0.2) is 0 Å². The first-order valence-electron chi connectivity index (χ1n) is 6.36. The van der Waals surface area contributed by atoms with Gasteiger partial charge in [-0.05, 0) is 18.2 Å². The molecule has 0 spiro atoms. The van der Waals surface area contributed by atoms with Gasteiger partial charge in [0.1, 0.15) is 12.3 Å². The predicted octanol–water partition coefficient (Wildman–Crippen LogP) is 1.52. The van der Waals surface area contributed by atoms with Crippen LogP contribution in [-0.4, -0.2) is 41.8 Å². The lowest BCUT2D eigenvalue weighted by molar-refractivity contribution is -0.129. The Morgan fingerprint density at radius 3 is 2.86 bits per heavy atom. The molecule has 0 aliphatic carbocycles. The highest BCUT2D eigenvalue weighted by Crippen LogP contribution is 2.30. The van der Waals surface area contributed by atoms with E-state index in [1.54, 1.807) is 56.5 Å². The van der Waals surface area contributed by atoms with Gasteiger partial charge in [0, 0.05) is 31.4 Å². The van der Waals surface area contributed by atoms with E-state index in [4.69, 9.17) is 10.00 Å². The molecule has 1 aromatic heterocycles. The number of nitriles is 1. The molecule has 0 fully saturated rings. The average molecular weight is 284 g/mol. The van der Waals surface area contributed by atoms with Crippen molar-refractivity contribution in [1.29, 1.82) is 5.26 Å². The van der Waals surface area contributed by atoms with Crippen molar-refractivity contribution >= 4 is 5.91 Å². The van der Waals surface area contributed by atoms with Gasteiger partial charge >= 0.3 is 0 Å². The first kappa shape index (κ1) is 14.6. The summed E-state index contributed by atoms with van der Waals surface area (Å²) in [6.07, 6.45) is 3.42. The summed E-state index contributed by atoms with van der Waals surface area (Å²) in [6, 6.07) is 7.29. The van der Waals surface area contributed by atoms with Crippen molar-refractivity contribution in [1.82, 2.24) is 14.7 Å². The van der Waals surface area contributed by atoms with Crippen molar-refractivity contribution < 1.29 is 9.53 Å². The Morgan fingerprint density at radius 2 is 2.24 bits per heavy atom. The zero-order valence-electron chi connectivity index (χ0n) is 12.2. The van der Waals surface area contributed by atoms with Crippen LogP contribution in [0.1, 0.15) is 5.56 Å². The summed E-state index contributed by atoms with van der Waals surface area (Å²) >= 11 is 0. The first-order valence-corrected chi connectivity index (χ1v) is 6.36. The fraction of sp³-hybridized carbons (Fsp3) is 0.267. The predicted molar refractivity (Wildman–Crippen MR) is 77.6 cm³/mol. The molecule has 1 aromatic carbocycles. The number of benzene rings is 1. The van der Waals surface area contributed by atoms with Gasteiger partial charge in [-0.25, -0.2) is 0 Å². The molecule has 6 heteroatoms. The molecule has 21 heavy (non-hydrogen) atoms. The SMILES string of the molecule is COc1ccc(C#N)cc1-c1cnn(CC(=O)N(C)C)c1. The van der Waals surface area contributed by atoms with Crippen LogP contribution in [0, 0.1) is 11.3 Å². The number of hydrogen-bond acceptors (Lipinski definition) is 4. The lowest BCUT2D eigenvalue weighted by atomic mass is 10.1. The van der Waals surface area contributed by atoms with Gasteiger partial charge < -0.3 is 9.64 Å². The molecule has 0 unspecified atom stereocenters.